The van der Waals surface area contributed by atoms with Crippen LogP contribution in [-0.2, 0) is 21.3 Å². The van der Waals surface area contributed by atoms with Crippen LogP contribution in [0, 0.1) is 5.41 Å². The van der Waals surface area contributed by atoms with E-state index >= 15 is 0 Å². The zero-order chi connectivity index (χ0) is 13.2. The van der Waals surface area contributed by atoms with Crippen molar-refractivity contribution in [3.8, 4) is 0 Å². The van der Waals surface area contributed by atoms with Crippen molar-refractivity contribution in [2.45, 2.75) is 25.0 Å². The second-order valence-corrected chi connectivity index (χ2v) is 7.30. The topological polar surface area (TPSA) is 54.4 Å². The van der Waals surface area contributed by atoms with Crippen LogP contribution in [0.4, 0.5) is 0 Å². The lowest BCUT2D eigenvalue weighted by Gasteiger charge is -2.11. The summed E-state index contributed by atoms with van der Waals surface area (Å²) in [5, 5.41) is 8.82. The lowest BCUT2D eigenvalue weighted by atomic mass is 10.1. The molecule has 0 radical (unpaired) electrons. The van der Waals surface area contributed by atoms with E-state index < -0.39 is 16.8 Å². The van der Waals surface area contributed by atoms with Gasteiger partial charge in [0.15, 0.2) is 0 Å². The fourth-order valence-electron chi connectivity index (χ4n) is 2.03. The summed E-state index contributed by atoms with van der Waals surface area (Å²) in [7, 11) is -0.980. The molecule has 1 aliphatic rings. The molecule has 0 aliphatic heterocycles. The second kappa shape index (κ2) is 5.53. The maximum atomic E-state index is 12.0. The summed E-state index contributed by atoms with van der Waals surface area (Å²) in [6.45, 7) is 0. The van der Waals surface area contributed by atoms with Gasteiger partial charge in [-0.05, 0) is 36.0 Å². The van der Waals surface area contributed by atoms with Gasteiger partial charge in [0, 0.05) is 26.8 Å². The van der Waals surface area contributed by atoms with Crippen LogP contribution in [-0.4, -0.2) is 21.0 Å². The molecule has 0 heterocycles. The highest BCUT2D eigenvalue weighted by Gasteiger charge is 2.45. The summed E-state index contributed by atoms with van der Waals surface area (Å²) in [5.41, 5.74) is 0.842. The van der Waals surface area contributed by atoms with Crippen LogP contribution in [0.2, 0.25) is 0 Å². The van der Waals surface area contributed by atoms with Gasteiger partial charge in [-0.2, -0.15) is 0 Å². The van der Waals surface area contributed by atoms with Crippen LogP contribution >= 0.6 is 15.9 Å². The average molecular weight is 331 g/mol. The van der Waals surface area contributed by atoms with E-state index in [1.54, 1.807) is 0 Å². The summed E-state index contributed by atoms with van der Waals surface area (Å²) in [6, 6.07) is 7.74. The first kappa shape index (κ1) is 13.7. The smallest absolute Gasteiger partial charge is 0.303 e. The molecule has 0 aromatic heterocycles. The molecule has 0 spiro atoms. The number of carbonyl (C=O) groups is 1. The monoisotopic (exact) mass is 330 g/mol. The van der Waals surface area contributed by atoms with Gasteiger partial charge in [0.1, 0.15) is 0 Å². The molecular formula is C13H15BrO3S. The fraction of sp³-hybridized carbons (Fsp3) is 0.462. The van der Waals surface area contributed by atoms with E-state index in [1.165, 1.54) is 0 Å². The number of hydrogen-bond acceptors (Lipinski definition) is 2. The van der Waals surface area contributed by atoms with E-state index in [-0.39, 0.29) is 11.8 Å². The van der Waals surface area contributed by atoms with E-state index in [4.69, 9.17) is 5.11 Å². The molecule has 0 amide bonds. The molecule has 1 N–H and O–H groups in total. The molecule has 2 rings (SSSR count). The van der Waals surface area contributed by atoms with Crippen molar-refractivity contribution in [1.29, 1.82) is 0 Å². The van der Waals surface area contributed by atoms with Gasteiger partial charge in [0.25, 0.3) is 0 Å². The SMILES string of the molecule is O=C(O)CC1(CS(=O)Cc2ccc(Br)cc2)CC1. The Hall–Kier alpha value is -0.680. The minimum Gasteiger partial charge on any atom is -0.481 e. The van der Waals surface area contributed by atoms with Gasteiger partial charge in [-0.25, -0.2) is 0 Å². The summed E-state index contributed by atoms with van der Waals surface area (Å²) in [4.78, 5) is 10.7. The fourth-order valence-corrected chi connectivity index (χ4v) is 4.03. The van der Waals surface area contributed by atoms with Crippen LogP contribution in [0.3, 0.4) is 0 Å². The van der Waals surface area contributed by atoms with E-state index in [2.05, 4.69) is 15.9 Å². The van der Waals surface area contributed by atoms with Crippen LogP contribution in [0.15, 0.2) is 28.7 Å². The predicted molar refractivity (Wildman–Crippen MR) is 74.8 cm³/mol. The first-order valence-corrected chi connectivity index (χ1v) is 8.08. The minimum absolute atomic E-state index is 0.152. The van der Waals surface area contributed by atoms with Crippen LogP contribution in [0.25, 0.3) is 0 Å². The Balaban J connectivity index is 1.89. The van der Waals surface area contributed by atoms with Gasteiger partial charge in [-0.15, -0.1) is 0 Å². The number of rotatable bonds is 6. The normalized spacial score (nSPS) is 18.3. The number of carboxylic acids is 1. The van der Waals surface area contributed by atoms with Crippen LogP contribution in [0.5, 0.6) is 0 Å². The molecule has 0 saturated heterocycles. The van der Waals surface area contributed by atoms with E-state index in [1.807, 2.05) is 24.3 Å². The summed E-state index contributed by atoms with van der Waals surface area (Å²) in [5.74, 6) is 0.234. The largest absolute Gasteiger partial charge is 0.481 e. The molecule has 18 heavy (non-hydrogen) atoms. The highest BCUT2D eigenvalue weighted by molar-refractivity contribution is 9.10. The van der Waals surface area contributed by atoms with Gasteiger partial charge >= 0.3 is 5.97 Å². The molecule has 1 atom stereocenters. The molecular weight excluding hydrogens is 316 g/mol. The quantitative estimate of drug-likeness (QED) is 0.872. The molecule has 3 nitrogen and oxygen atoms in total. The molecule has 1 saturated carbocycles. The van der Waals surface area contributed by atoms with Crippen LogP contribution < -0.4 is 0 Å². The lowest BCUT2D eigenvalue weighted by molar-refractivity contribution is -0.138. The predicted octanol–water partition coefficient (Wildman–Crippen LogP) is 2.95. The number of hydrogen-bond donors (Lipinski definition) is 1. The van der Waals surface area contributed by atoms with Gasteiger partial charge in [0.05, 0.1) is 6.42 Å². The molecule has 1 aromatic rings. The van der Waals surface area contributed by atoms with Gasteiger partial charge < -0.3 is 5.11 Å². The van der Waals surface area contributed by atoms with Gasteiger partial charge in [-0.3, -0.25) is 9.00 Å². The molecule has 98 valence electrons. The summed E-state index contributed by atoms with van der Waals surface area (Å²) < 4.78 is 13.0. The van der Waals surface area contributed by atoms with Gasteiger partial charge in [0.2, 0.25) is 0 Å². The Labute approximate surface area is 117 Å². The lowest BCUT2D eigenvalue weighted by Crippen LogP contribution is -2.17. The Kier molecular flexibility index (Phi) is 4.22. The van der Waals surface area contributed by atoms with E-state index in [0.717, 1.165) is 22.9 Å². The van der Waals surface area contributed by atoms with Crippen LogP contribution in [0.1, 0.15) is 24.8 Å². The Morgan fingerprint density at radius 1 is 1.33 bits per heavy atom. The number of aliphatic carboxylic acids is 1. The Bertz CT molecular complexity index is 466. The van der Waals surface area contributed by atoms with Crippen molar-refractivity contribution in [2.24, 2.45) is 5.41 Å². The highest BCUT2D eigenvalue weighted by Crippen LogP contribution is 2.49. The number of halogens is 1. The maximum Gasteiger partial charge on any atom is 0.303 e. The molecule has 1 unspecified atom stereocenters. The zero-order valence-corrected chi connectivity index (χ0v) is 12.3. The Morgan fingerprint density at radius 3 is 2.44 bits per heavy atom. The van der Waals surface area contributed by atoms with Crippen molar-refractivity contribution >= 4 is 32.7 Å². The highest BCUT2D eigenvalue weighted by atomic mass is 79.9. The number of benzene rings is 1. The molecule has 5 heteroatoms. The zero-order valence-electron chi connectivity index (χ0n) is 9.89. The van der Waals surface area contributed by atoms with Crippen molar-refractivity contribution in [3.05, 3.63) is 34.3 Å². The maximum absolute atomic E-state index is 12.0. The first-order valence-electron chi connectivity index (χ1n) is 5.80. The minimum atomic E-state index is -0.980. The molecule has 1 aliphatic carbocycles. The Morgan fingerprint density at radius 2 is 1.94 bits per heavy atom. The molecule has 0 bridgehead atoms. The van der Waals surface area contributed by atoms with Gasteiger partial charge in [-0.1, -0.05) is 28.1 Å². The van der Waals surface area contributed by atoms with E-state index in [9.17, 15) is 9.00 Å². The standard InChI is InChI=1S/C13H15BrO3S/c14-11-3-1-10(2-4-11)8-18(17)9-13(5-6-13)7-12(15)16/h1-4H,5-9H2,(H,15,16). The third-order valence-corrected chi connectivity index (χ3v) is 5.31. The molecule has 1 fully saturated rings. The first-order chi connectivity index (χ1) is 8.49. The van der Waals surface area contributed by atoms with Crippen molar-refractivity contribution < 1.29 is 14.1 Å². The second-order valence-electron chi connectivity index (χ2n) is 4.93. The van der Waals surface area contributed by atoms with E-state index in [0.29, 0.717) is 11.5 Å². The summed E-state index contributed by atoms with van der Waals surface area (Å²) in [6.07, 6.45) is 1.94. The third-order valence-electron chi connectivity index (χ3n) is 3.19. The third kappa shape index (κ3) is 3.92. The van der Waals surface area contributed by atoms with Crippen molar-refractivity contribution in [3.63, 3.8) is 0 Å². The summed E-state index contributed by atoms with van der Waals surface area (Å²) >= 11 is 3.36. The average Bonchev–Trinajstić information content (AvgIpc) is 3.00. The molecule has 1 aromatic carbocycles. The van der Waals surface area contributed by atoms with Crippen molar-refractivity contribution in [1.82, 2.24) is 0 Å². The number of carboxylic acid groups (broad SMARTS) is 1. The van der Waals surface area contributed by atoms with Crippen molar-refractivity contribution in [2.75, 3.05) is 5.75 Å².